The molecule has 3 N–H and O–H groups in total. The van der Waals surface area contributed by atoms with Gasteiger partial charge in [-0.2, -0.15) is 0 Å². The van der Waals surface area contributed by atoms with Gasteiger partial charge in [-0.15, -0.1) is 0 Å². The van der Waals surface area contributed by atoms with Gasteiger partial charge in [0, 0.05) is 0 Å². The van der Waals surface area contributed by atoms with Crippen LogP contribution in [0.1, 0.15) is 13.8 Å². The number of amides is 2. The fourth-order valence-electron chi connectivity index (χ4n) is 1.29. The Morgan fingerprint density at radius 3 is 2.61 bits per heavy atom. The standard InChI is InChI=1S/C11H14BrN3O3/c1-6(2)9(18-11(13)17)10(16)15-8-5-3-4-7(12)14-8/h3-6,9H,1-2H3,(H2,13,17)(H,14,15,16). The predicted molar refractivity (Wildman–Crippen MR) is 69.9 cm³/mol. The first-order chi connectivity index (χ1) is 8.40. The Labute approximate surface area is 113 Å². The van der Waals surface area contributed by atoms with Crippen molar-refractivity contribution in [1.82, 2.24) is 4.98 Å². The molecular weight excluding hydrogens is 302 g/mol. The topological polar surface area (TPSA) is 94.3 Å². The number of aromatic nitrogens is 1. The van der Waals surface area contributed by atoms with Gasteiger partial charge in [0.2, 0.25) is 0 Å². The van der Waals surface area contributed by atoms with Gasteiger partial charge in [0.05, 0.1) is 0 Å². The molecule has 1 aromatic heterocycles. The Bertz CT molecular complexity index is 451. The van der Waals surface area contributed by atoms with E-state index < -0.39 is 18.1 Å². The number of nitrogens with zero attached hydrogens (tertiary/aromatic N) is 1. The molecule has 0 fully saturated rings. The highest BCUT2D eigenvalue weighted by Gasteiger charge is 2.25. The van der Waals surface area contributed by atoms with Gasteiger partial charge in [0.25, 0.3) is 5.91 Å². The lowest BCUT2D eigenvalue weighted by molar-refractivity contribution is -0.126. The normalized spacial score (nSPS) is 12.0. The maximum atomic E-state index is 11.9. The van der Waals surface area contributed by atoms with Gasteiger partial charge >= 0.3 is 6.09 Å². The third-order valence-electron chi connectivity index (χ3n) is 2.07. The minimum Gasteiger partial charge on any atom is -0.436 e. The zero-order chi connectivity index (χ0) is 13.7. The molecule has 1 atom stereocenters. The van der Waals surface area contributed by atoms with E-state index in [1.807, 2.05) is 0 Å². The highest BCUT2D eigenvalue weighted by Crippen LogP contribution is 2.13. The summed E-state index contributed by atoms with van der Waals surface area (Å²) in [6, 6.07) is 5.09. The third kappa shape index (κ3) is 4.33. The van der Waals surface area contributed by atoms with Crippen LogP contribution < -0.4 is 11.1 Å². The molecule has 7 heteroatoms. The molecule has 1 unspecified atom stereocenters. The fourth-order valence-corrected chi connectivity index (χ4v) is 1.64. The van der Waals surface area contributed by atoms with Crippen molar-refractivity contribution in [3.63, 3.8) is 0 Å². The summed E-state index contributed by atoms with van der Waals surface area (Å²) < 4.78 is 5.36. The Kier molecular flexibility index (Phi) is 5.08. The van der Waals surface area contributed by atoms with Gasteiger partial charge in [0.1, 0.15) is 10.4 Å². The quantitative estimate of drug-likeness (QED) is 0.830. The number of carbonyl (C=O) groups is 2. The van der Waals surface area contributed by atoms with Crippen LogP contribution >= 0.6 is 15.9 Å². The number of nitrogens with one attached hydrogen (secondary N) is 1. The van der Waals surface area contributed by atoms with E-state index in [0.29, 0.717) is 10.4 Å². The monoisotopic (exact) mass is 315 g/mol. The van der Waals surface area contributed by atoms with Crippen LogP contribution in [0.4, 0.5) is 10.6 Å². The second-order valence-corrected chi connectivity index (χ2v) is 4.75. The summed E-state index contributed by atoms with van der Waals surface area (Å²) in [7, 11) is 0. The second kappa shape index (κ2) is 6.34. The first-order valence-electron chi connectivity index (χ1n) is 5.29. The lowest BCUT2D eigenvalue weighted by Gasteiger charge is -2.19. The Morgan fingerprint density at radius 2 is 2.11 bits per heavy atom. The van der Waals surface area contributed by atoms with Crippen molar-refractivity contribution in [3.05, 3.63) is 22.8 Å². The summed E-state index contributed by atoms with van der Waals surface area (Å²) in [5.41, 5.74) is 4.92. The van der Waals surface area contributed by atoms with E-state index >= 15 is 0 Å². The molecule has 2 amide bonds. The molecule has 1 heterocycles. The third-order valence-corrected chi connectivity index (χ3v) is 2.52. The minimum atomic E-state index is -0.981. The smallest absolute Gasteiger partial charge is 0.405 e. The predicted octanol–water partition coefficient (Wildman–Crippen LogP) is 1.90. The van der Waals surface area contributed by atoms with E-state index in [-0.39, 0.29) is 5.92 Å². The number of carbonyl (C=O) groups excluding carboxylic acids is 2. The van der Waals surface area contributed by atoms with E-state index in [9.17, 15) is 9.59 Å². The summed E-state index contributed by atoms with van der Waals surface area (Å²) >= 11 is 3.19. The molecule has 0 saturated carbocycles. The van der Waals surface area contributed by atoms with Crippen molar-refractivity contribution in [2.75, 3.05) is 5.32 Å². The Balaban J connectivity index is 2.75. The van der Waals surface area contributed by atoms with Crippen LogP contribution in [-0.2, 0) is 9.53 Å². The van der Waals surface area contributed by atoms with Crippen LogP contribution in [0.25, 0.3) is 0 Å². The summed E-state index contributed by atoms with van der Waals surface area (Å²) in [5.74, 6) is -0.285. The Morgan fingerprint density at radius 1 is 1.44 bits per heavy atom. The first kappa shape index (κ1) is 14.4. The maximum Gasteiger partial charge on any atom is 0.405 e. The lowest BCUT2D eigenvalue weighted by Crippen LogP contribution is -2.38. The fraction of sp³-hybridized carbons (Fsp3) is 0.364. The lowest BCUT2D eigenvalue weighted by atomic mass is 10.1. The number of ether oxygens (including phenoxy) is 1. The number of hydrogen-bond donors (Lipinski definition) is 2. The van der Waals surface area contributed by atoms with Crippen LogP contribution in [0.3, 0.4) is 0 Å². The average molecular weight is 316 g/mol. The molecule has 0 saturated heterocycles. The Hall–Kier alpha value is -1.63. The SMILES string of the molecule is CC(C)C(OC(N)=O)C(=O)Nc1cccc(Br)n1. The van der Waals surface area contributed by atoms with Crippen LogP contribution in [0.5, 0.6) is 0 Å². The van der Waals surface area contributed by atoms with Gasteiger partial charge < -0.3 is 15.8 Å². The molecule has 0 aliphatic carbocycles. The molecule has 6 nitrogen and oxygen atoms in total. The molecule has 98 valence electrons. The molecule has 1 aromatic rings. The van der Waals surface area contributed by atoms with E-state index in [2.05, 4.69) is 26.2 Å². The van der Waals surface area contributed by atoms with Crippen LogP contribution in [0.2, 0.25) is 0 Å². The molecule has 0 aromatic carbocycles. The number of rotatable bonds is 4. The largest absolute Gasteiger partial charge is 0.436 e. The van der Waals surface area contributed by atoms with Crippen molar-refractivity contribution < 1.29 is 14.3 Å². The van der Waals surface area contributed by atoms with Crippen molar-refractivity contribution in [2.45, 2.75) is 20.0 Å². The number of hydrogen-bond acceptors (Lipinski definition) is 4. The van der Waals surface area contributed by atoms with E-state index in [1.54, 1.807) is 32.0 Å². The van der Waals surface area contributed by atoms with Gasteiger partial charge in [-0.05, 0) is 34.0 Å². The summed E-state index contributed by atoms with van der Waals surface area (Å²) in [4.78, 5) is 26.7. The van der Waals surface area contributed by atoms with E-state index in [1.165, 1.54) is 0 Å². The zero-order valence-corrected chi connectivity index (χ0v) is 11.6. The molecule has 0 spiro atoms. The first-order valence-corrected chi connectivity index (χ1v) is 6.09. The number of primary amides is 1. The average Bonchev–Trinajstić information content (AvgIpc) is 2.25. The van der Waals surface area contributed by atoms with Crippen molar-refractivity contribution in [1.29, 1.82) is 0 Å². The van der Waals surface area contributed by atoms with E-state index in [0.717, 1.165) is 0 Å². The van der Waals surface area contributed by atoms with Gasteiger partial charge in [0.15, 0.2) is 6.10 Å². The molecule has 0 aliphatic heterocycles. The molecule has 0 bridgehead atoms. The van der Waals surface area contributed by atoms with Crippen molar-refractivity contribution >= 4 is 33.7 Å². The number of pyridine rings is 1. The maximum absolute atomic E-state index is 11.9. The van der Waals surface area contributed by atoms with Gasteiger partial charge in [-0.25, -0.2) is 9.78 Å². The second-order valence-electron chi connectivity index (χ2n) is 3.94. The molecular formula is C11H14BrN3O3. The van der Waals surface area contributed by atoms with Gasteiger partial charge in [-0.3, -0.25) is 4.79 Å². The highest BCUT2D eigenvalue weighted by atomic mass is 79.9. The highest BCUT2D eigenvalue weighted by molar-refractivity contribution is 9.10. The summed E-state index contributed by atoms with van der Waals surface area (Å²) in [6.45, 7) is 3.50. The summed E-state index contributed by atoms with van der Waals surface area (Å²) in [5, 5.41) is 2.56. The number of anilines is 1. The van der Waals surface area contributed by atoms with Gasteiger partial charge in [-0.1, -0.05) is 19.9 Å². The summed E-state index contributed by atoms with van der Waals surface area (Å²) in [6.07, 6.45) is -1.92. The molecule has 0 aliphatic rings. The van der Waals surface area contributed by atoms with Crippen LogP contribution in [-0.4, -0.2) is 23.1 Å². The van der Waals surface area contributed by atoms with E-state index in [4.69, 9.17) is 10.5 Å². The van der Waals surface area contributed by atoms with Crippen LogP contribution in [0, 0.1) is 5.92 Å². The molecule has 0 radical (unpaired) electrons. The number of halogens is 1. The zero-order valence-electron chi connectivity index (χ0n) is 10.0. The van der Waals surface area contributed by atoms with Crippen molar-refractivity contribution in [3.8, 4) is 0 Å². The molecule has 1 rings (SSSR count). The number of nitrogens with two attached hydrogens (primary N) is 1. The van der Waals surface area contributed by atoms with Crippen LogP contribution in [0.15, 0.2) is 22.8 Å². The minimum absolute atomic E-state index is 0.190. The van der Waals surface area contributed by atoms with Crippen molar-refractivity contribution in [2.24, 2.45) is 11.7 Å². The molecule has 18 heavy (non-hydrogen) atoms.